The summed E-state index contributed by atoms with van der Waals surface area (Å²) in [6.07, 6.45) is -0.301. The quantitative estimate of drug-likeness (QED) is 0.795. The molecule has 0 saturated heterocycles. The van der Waals surface area contributed by atoms with Crippen LogP contribution in [0.25, 0.3) is 6.08 Å². The minimum atomic E-state index is -4.30. The van der Waals surface area contributed by atoms with Gasteiger partial charge in [0, 0.05) is 5.54 Å². The smallest absolute Gasteiger partial charge is 0.312 e. The zero-order chi connectivity index (χ0) is 14.5. The number of benzene rings is 1. The first-order valence-corrected chi connectivity index (χ1v) is 6.28. The number of nitrogens with one attached hydrogen (secondary N) is 1. The Balaban J connectivity index is 2.63. The van der Waals surface area contributed by atoms with Gasteiger partial charge in [-0.3, -0.25) is 0 Å². The molecule has 0 unspecified atom stereocenters. The van der Waals surface area contributed by atoms with E-state index in [1.807, 2.05) is 0 Å². The SMILES string of the molecule is CC(C)(C)NCCC=Cc1ccccc1C(F)(F)F. The molecule has 0 saturated carbocycles. The predicted molar refractivity (Wildman–Crippen MR) is 72.9 cm³/mol. The van der Waals surface area contributed by atoms with Crippen LogP contribution >= 0.6 is 0 Å². The first kappa shape index (κ1) is 15.8. The molecule has 0 aliphatic rings. The highest BCUT2D eigenvalue weighted by Gasteiger charge is 2.32. The van der Waals surface area contributed by atoms with Gasteiger partial charge in [0.15, 0.2) is 0 Å². The number of rotatable bonds is 4. The van der Waals surface area contributed by atoms with Crippen molar-refractivity contribution in [1.29, 1.82) is 0 Å². The molecule has 4 heteroatoms. The lowest BCUT2D eigenvalue weighted by atomic mass is 10.1. The van der Waals surface area contributed by atoms with Crippen molar-refractivity contribution in [3.63, 3.8) is 0 Å². The fourth-order valence-corrected chi connectivity index (χ4v) is 1.64. The third kappa shape index (κ3) is 5.92. The average molecular weight is 271 g/mol. The highest BCUT2D eigenvalue weighted by Crippen LogP contribution is 2.32. The molecular weight excluding hydrogens is 251 g/mol. The minimum absolute atomic E-state index is 0.0255. The summed E-state index contributed by atoms with van der Waals surface area (Å²) in [4.78, 5) is 0. The maximum atomic E-state index is 12.7. The van der Waals surface area contributed by atoms with Crippen molar-refractivity contribution >= 4 is 6.08 Å². The van der Waals surface area contributed by atoms with Crippen LogP contribution in [0.3, 0.4) is 0 Å². The molecule has 0 aliphatic carbocycles. The van der Waals surface area contributed by atoms with E-state index < -0.39 is 11.7 Å². The summed E-state index contributed by atoms with van der Waals surface area (Å²) < 4.78 is 38.2. The van der Waals surface area contributed by atoms with Gasteiger partial charge in [-0.1, -0.05) is 30.4 Å². The Labute approximate surface area is 112 Å². The molecule has 0 radical (unpaired) electrons. The van der Waals surface area contributed by atoms with Crippen LogP contribution in [0.1, 0.15) is 38.3 Å². The molecule has 1 rings (SSSR count). The number of hydrogen-bond acceptors (Lipinski definition) is 1. The zero-order valence-corrected chi connectivity index (χ0v) is 11.5. The van der Waals surface area contributed by atoms with Crippen LogP contribution in [0.4, 0.5) is 13.2 Å². The van der Waals surface area contributed by atoms with Crippen molar-refractivity contribution in [2.45, 2.75) is 38.9 Å². The normalized spacial score (nSPS) is 13.2. The van der Waals surface area contributed by atoms with Crippen molar-refractivity contribution in [2.24, 2.45) is 0 Å². The fourth-order valence-electron chi connectivity index (χ4n) is 1.64. The van der Waals surface area contributed by atoms with Gasteiger partial charge >= 0.3 is 6.18 Å². The van der Waals surface area contributed by atoms with Gasteiger partial charge in [0.2, 0.25) is 0 Å². The van der Waals surface area contributed by atoms with E-state index in [4.69, 9.17) is 0 Å². The molecular formula is C15H20F3N. The molecule has 0 spiro atoms. The van der Waals surface area contributed by atoms with E-state index in [1.54, 1.807) is 12.1 Å². The van der Waals surface area contributed by atoms with E-state index >= 15 is 0 Å². The van der Waals surface area contributed by atoms with E-state index in [9.17, 15) is 13.2 Å². The Morgan fingerprint density at radius 1 is 1.11 bits per heavy atom. The summed E-state index contributed by atoms with van der Waals surface area (Å²) in [6, 6.07) is 5.60. The topological polar surface area (TPSA) is 12.0 Å². The summed E-state index contributed by atoms with van der Waals surface area (Å²) in [5.74, 6) is 0. The van der Waals surface area contributed by atoms with Gasteiger partial charge in [-0.2, -0.15) is 13.2 Å². The standard InChI is InChI=1S/C15H20F3N/c1-14(2,3)19-11-7-6-9-12-8-4-5-10-13(12)15(16,17)18/h4-6,8-10,19H,7,11H2,1-3H3. The van der Waals surface area contributed by atoms with Gasteiger partial charge in [-0.15, -0.1) is 0 Å². The molecule has 1 aromatic rings. The van der Waals surface area contributed by atoms with E-state index in [2.05, 4.69) is 26.1 Å². The van der Waals surface area contributed by atoms with Crippen LogP contribution < -0.4 is 5.32 Å². The average Bonchev–Trinajstić information content (AvgIpc) is 2.26. The molecule has 0 bridgehead atoms. The number of halogens is 3. The maximum Gasteiger partial charge on any atom is 0.416 e. The van der Waals surface area contributed by atoms with Crippen LogP contribution in [0, 0.1) is 0 Å². The Morgan fingerprint density at radius 2 is 1.74 bits per heavy atom. The number of hydrogen-bond donors (Lipinski definition) is 1. The van der Waals surface area contributed by atoms with Gasteiger partial charge in [0.05, 0.1) is 5.56 Å². The monoisotopic (exact) mass is 271 g/mol. The molecule has 0 heterocycles. The molecule has 0 amide bonds. The molecule has 0 atom stereocenters. The lowest BCUT2D eigenvalue weighted by molar-refractivity contribution is -0.137. The van der Waals surface area contributed by atoms with Crippen molar-refractivity contribution in [2.75, 3.05) is 6.54 Å². The van der Waals surface area contributed by atoms with E-state index in [-0.39, 0.29) is 11.1 Å². The summed E-state index contributed by atoms with van der Waals surface area (Å²) in [5, 5.41) is 3.28. The van der Waals surface area contributed by atoms with Crippen molar-refractivity contribution in [3.8, 4) is 0 Å². The van der Waals surface area contributed by atoms with Gasteiger partial charge in [0.1, 0.15) is 0 Å². The fraction of sp³-hybridized carbons (Fsp3) is 0.467. The molecule has 1 nitrogen and oxygen atoms in total. The first-order valence-electron chi connectivity index (χ1n) is 6.28. The van der Waals surface area contributed by atoms with Crippen LogP contribution in [0.5, 0.6) is 0 Å². The lowest BCUT2D eigenvalue weighted by Gasteiger charge is -2.19. The van der Waals surface area contributed by atoms with Crippen molar-refractivity contribution < 1.29 is 13.2 Å². The van der Waals surface area contributed by atoms with Gasteiger partial charge in [0.25, 0.3) is 0 Å². The summed E-state index contributed by atoms with van der Waals surface area (Å²) in [6.45, 7) is 6.90. The third-order valence-electron chi connectivity index (χ3n) is 2.53. The second-order valence-corrected chi connectivity index (χ2v) is 5.45. The third-order valence-corrected chi connectivity index (χ3v) is 2.53. The van der Waals surface area contributed by atoms with Crippen LogP contribution in [-0.2, 0) is 6.18 Å². The Kier molecular flexibility index (Phi) is 5.18. The van der Waals surface area contributed by atoms with Crippen molar-refractivity contribution in [1.82, 2.24) is 5.32 Å². The summed E-state index contributed by atoms with van der Waals surface area (Å²) in [7, 11) is 0. The number of alkyl halides is 3. The molecule has 19 heavy (non-hydrogen) atoms. The lowest BCUT2D eigenvalue weighted by Crippen LogP contribution is -2.36. The van der Waals surface area contributed by atoms with E-state index in [1.165, 1.54) is 18.2 Å². The minimum Gasteiger partial charge on any atom is -0.312 e. The molecule has 0 aromatic heterocycles. The highest BCUT2D eigenvalue weighted by atomic mass is 19.4. The second kappa shape index (κ2) is 6.24. The highest BCUT2D eigenvalue weighted by molar-refractivity contribution is 5.54. The van der Waals surface area contributed by atoms with Gasteiger partial charge in [-0.05, 0) is 45.4 Å². The summed E-state index contributed by atoms with van der Waals surface area (Å²) >= 11 is 0. The molecule has 0 aliphatic heterocycles. The van der Waals surface area contributed by atoms with Crippen LogP contribution in [-0.4, -0.2) is 12.1 Å². The summed E-state index contributed by atoms with van der Waals surface area (Å²) in [5.41, 5.74) is -0.349. The Morgan fingerprint density at radius 3 is 2.32 bits per heavy atom. The first-order chi connectivity index (χ1) is 8.70. The molecule has 1 aromatic carbocycles. The zero-order valence-electron chi connectivity index (χ0n) is 11.5. The van der Waals surface area contributed by atoms with E-state index in [0.717, 1.165) is 12.6 Å². The second-order valence-electron chi connectivity index (χ2n) is 5.45. The van der Waals surface area contributed by atoms with Gasteiger partial charge < -0.3 is 5.32 Å². The molecule has 0 fully saturated rings. The predicted octanol–water partition coefficient (Wildman–Crippen LogP) is 4.50. The largest absolute Gasteiger partial charge is 0.416 e. The van der Waals surface area contributed by atoms with Gasteiger partial charge in [-0.25, -0.2) is 0 Å². The molecule has 106 valence electrons. The van der Waals surface area contributed by atoms with Crippen LogP contribution in [0.15, 0.2) is 30.3 Å². The Bertz CT molecular complexity index is 428. The maximum absolute atomic E-state index is 12.7. The van der Waals surface area contributed by atoms with Crippen LogP contribution in [0.2, 0.25) is 0 Å². The molecule has 1 N–H and O–H groups in total. The van der Waals surface area contributed by atoms with Crippen molar-refractivity contribution in [3.05, 3.63) is 41.5 Å². The Hall–Kier alpha value is -1.29. The van der Waals surface area contributed by atoms with E-state index in [0.29, 0.717) is 6.42 Å².